The van der Waals surface area contributed by atoms with Crippen LogP contribution in [0.4, 0.5) is 5.69 Å². The molecule has 3 unspecified atom stereocenters. The highest BCUT2D eigenvalue weighted by Gasteiger charge is 2.39. The minimum absolute atomic E-state index is 0.120. The molecule has 4 aliphatic rings. The molecule has 3 fully saturated rings. The van der Waals surface area contributed by atoms with Crippen molar-refractivity contribution in [3.63, 3.8) is 0 Å². The maximum atomic E-state index is 13.1. The van der Waals surface area contributed by atoms with Gasteiger partial charge in [-0.25, -0.2) is 4.68 Å². The third-order valence-electron chi connectivity index (χ3n) is 10.5. The van der Waals surface area contributed by atoms with Crippen molar-refractivity contribution in [1.82, 2.24) is 29.8 Å². The van der Waals surface area contributed by atoms with Crippen LogP contribution in [0.2, 0.25) is 0 Å². The number of benzene rings is 2. The van der Waals surface area contributed by atoms with Crippen LogP contribution in [-0.2, 0) is 29.7 Å². The van der Waals surface area contributed by atoms with E-state index < -0.39 is 6.04 Å². The van der Waals surface area contributed by atoms with Gasteiger partial charge in [-0.3, -0.25) is 29.4 Å². The minimum Gasteiger partial charge on any atom is -0.379 e. The Balaban J connectivity index is 0.921. The number of fused-ring (bicyclic) bond motifs is 1. The Hall–Kier alpha value is -3.87. The maximum absolute atomic E-state index is 13.1. The van der Waals surface area contributed by atoms with Crippen LogP contribution in [0.3, 0.4) is 0 Å². The van der Waals surface area contributed by atoms with Gasteiger partial charge in [0.05, 0.1) is 11.9 Å². The number of halogens is 1. The van der Waals surface area contributed by atoms with Crippen LogP contribution >= 0.6 is 15.9 Å². The number of hydrogen-bond acceptors (Lipinski definition) is 8. The van der Waals surface area contributed by atoms with Crippen molar-refractivity contribution in [3.8, 4) is 0 Å². The Morgan fingerprint density at radius 3 is 2.44 bits per heavy atom. The summed E-state index contributed by atoms with van der Waals surface area (Å²) in [6.45, 7) is 5.26. The molecule has 12 heteroatoms. The third kappa shape index (κ3) is 6.70. The minimum atomic E-state index is -0.584. The van der Waals surface area contributed by atoms with Crippen LogP contribution in [0.1, 0.15) is 76.6 Å². The largest absolute Gasteiger partial charge is 0.379 e. The molecule has 5 heterocycles. The molecular weight excluding hydrogens is 674 g/mol. The number of amides is 3. The first kappa shape index (κ1) is 32.7. The zero-order valence-electron chi connectivity index (χ0n) is 27.5. The van der Waals surface area contributed by atoms with Crippen LogP contribution in [0, 0.1) is 0 Å². The molecule has 11 nitrogen and oxygen atoms in total. The highest BCUT2D eigenvalue weighted by molar-refractivity contribution is 9.10. The molecule has 0 bridgehead atoms. The van der Waals surface area contributed by atoms with E-state index in [2.05, 4.69) is 84.9 Å². The fourth-order valence-electron chi connectivity index (χ4n) is 7.92. The van der Waals surface area contributed by atoms with E-state index in [1.807, 2.05) is 6.07 Å². The van der Waals surface area contributed by atoms with Crippen molar-refractivity contribution in [2.75, 3.05) is 38.5 Å². The zero-order chi connectivity index (χ0) is 33.5. The van der Waals surface area contributed by atoms with Crippen molar-refractivity contribution in [2.45, 2.75) is 69.1 Å². The molecule has 0 aliphatic carbocycles. The molecule has 3 saturated heterocycles. The van der Waals surface area contributed by atoms with E-state index in [0.717, 1.165) is 63.2 Å². The summed E-state index contributed by atoms with van der Waals surface area (Å²) in [4.78, 5) is 55.9. The highest BCUT2D eigenvalue weighted by atomic mass is 79.9. The van der Waals surface area contributed by atoms with Crippen molar-refractivity contribution in [1.29, 1.82) is 0 Å². The normalized spacial score (nSPS) is 24.1. The van der Waals surface area contributed by atoms with E-state index in [9.17, 15) is 19.2 Å². The molecule has 0 saturated carbocycles. The second kappa shape index (κ2) is 13.6. The lowest BCUT2D eigenvalue weighted by molar-refractivity contribution is -0.136. The fraction of sp³-hybridized carbons (Fsp3) is 0.472. The SMILES string of the molecule is CN1CC(Nc2cnn(C)c(=O)c2Br)CC(c2ccc(CN3CCC(c4ccc5c(c4)CN(C4CCC(=O)NC4=O)C5=O)CC3)cc2)C1. The topological polar surface area (TPSA) is 120 Å². The number of nitrogens with zero attached hydrogens (tertiary/aromatic N) is 5. The summed E-state index contributed by atoms with van der Waals surface area (Å²) in [6.07, 6.45) is 5.44. The summed E-state index contributed by atoms with van der Waals surface area (Å²) in [6, 6.07) is 14.9. The van der Waals surface area contributed by atoms with Crippen LogP contribution in [0.25, 0.3) is 0 Å². The van der Waals surface area contributed by atoms with Crippen LogP contribution < -0.4 is 16.2 Å². The molecule has 1 aromatic heterocycles. The highest BCUT2D eigenvalue weighted by Crippen LogP contribution is 2.34. The molecule has 252 valence electrons. The molecule has 3 aromatic rings. The number of rotatable bonds is 7. The Labute approximate surface area is 288 Å². The summed E-state index contributed by atoms with van der Waals surface area (Å²) < 4.78 is 1.84. The number of carbonyl (C=O) groups is 3. The van der Waals surface area contributed by atoms with Crippen LogP contribution in [0.5, 0.6) is 0 Å². The number of likely N-dealkylation sites (tertiary alicyclic amines) is 2. The predicted octanol–water partition coefficient (Wildman–Crippen LogP) is 3.58. The molecule has 2 N–H and O–H groups in total. The van der Waals surface area contributed by atoms with Crippen molar-refractivity contribution < 1.29 is 14.4 Å². The monoisotopic (exact) mass is 715 g/mol. The number of anilines is 1. The number of nitrogens with one attached hydrogen (secondary N) is 2. The Kier molecular flexibility index (Phi) is 9.23. The van der Waals surface area contributed by atoms with Crippen LogP contribution in [0.15, 0.2) is 57.9 Å². The quantitative estimate of drug-likeness (QED) is 0.357. The number of aromatic nitrogens is 2. The molecule has 3 amide bonds. The first-order valence-electron chi connectivity index (χ1n) is 16.9. The maximum Gasteiger partial charge on any atom is 0.282 e. The summed E-state index contributed by atoms with van der Waals surface area (Å²) in [5.41, 5.74) is 6.15. The summed E-state index contributed by atoms with van der Waals surface area (Å²) in [5.74, 6) is 0.0669. The predicted molar refractivity (Wildman–Crippen MR) is 186 cm³/mol. The Bertz CT molecular complexity index is 1790. The number of likely N-dealkylation sites (N-methyl/N-ethyl adjacent to an activating group) is 1. The van der Waals surface area contributed by atoms with Gasteiger partial charge in [-0.2, -0.15) is 5.10 Å². The number of hydrogen-bond donors (Lipinski definition) is 2. The van der Waals surface area contributed by atoms with Gasteiger partial charge in [-0.1, -0.05) is 36.4 Å². The average molecular weight is 717 g/mol. The summed E-state index contributed by atoms with van der Waals surface area (Å²) in [5, 5.41) is 10.1. The van der Waals surface area contributed by atoms with Gasteiger partial charge >= 0.3 is 0 Å². The van der Waals surface area contributed by atoms with Crippen LogP contribution in [-0.4, -0.2) is 87.5 Å². The number of imide groups is 1. The standard InChI is InChI=1S/C36H42BrN7O4/c1-41-19-26(16-28(21-41)39-30-17-38-42(2)36(48)33(30)37)23-5-3-22(4-6-23)18-43-13-11-24(12-14-43)25-7-8-29-27(15-25)20-44(35(29)47)31-9-10-32(45)40-34(31)46/h3-8,15,17,24,26,28,31,39H,9-14,16,18-21H2,1-2H3,(H,40,45,46). The molecule has 48 heavy (non-hydrogen) atoms. The zero-order valence-corrected chi connectivity index (χ0v) is 29.0. The van der Waals surface area contributed by atoms with Gasteiger partial charge in [-0.15, -0.1) is 0 Å². The lowest BCUT2D eigenvalue weighted by Gasteiger charge is -2.37. The van der Waals surface area contributed by atoms with E-state index >= 15 is 0 Å². The average Bonchev–Trinajstić information content (AvgIpc) is 3.40. The van der Waals surface area contributed by atoms with E-state index in [1.165, 1.54) is 21.4 Å². The van der Waals surface area contributed by atoms with Gasteiger partial charge in [0.2, 0.25) is 11.8 Å². The number of piperidine rings is 3. The molecule has 7 rings (SSSR count). The number of carbonyl (C=O) groups excluding carboxylic acids is 3. The van der Waals surface area contributed by atoms with E-state index in [4.69, 9.17) is 0 Å². The molecule has 2 aromatic carbocycles. The summed E-state index contributed by atoms with van der Waals surface area (Å²) >= 11 is 3.44. The molecule has 0 radical (unpaired) electrons. The first-order valence-corrected chi connectivity index (χ1v) is 17.7. The first-order chi connectivity index (χ1) is 23.1. The van der Waals surface area contributed by atoms with E-state index in [0.29, 0.717) is 34.8 Å². The molecule has 3 atom stereocenters. The molecular formula is C36H42BrN7O4. The van der Waals surface area contributed by atoms with E-state index in [1.54, 1.807) is 18.1 Å². The van der Waals surface area contributed by atoms with Gasteiger partial charge in [0.15, 0.2) is 0 Å². The Morgan fingerprint density at radius 1 is 0.938 bits per heavy atom. The van der Waals surface area contributed by atoms with Crippen molar-refractivity contribution in [2.24, 2.45) is 7.05 Å². The molecule has 0 spiro atoms. The van der Waals surface area contributed by atoms with Gasteiger partial charge in [-0.05, 0) is 102 Å². The fourth-order valence-corrected chi connectivity index (χ4v) is 8.40. The van der Waals surface area contributed by atoms with Gasteiger partial charge in [0.1, 0.15) is 10.5 Å². The lowest BCUT2D eigenvalue weighted by atomic mass is 9.87. The van der Waals surface area contributed by atoms with Gasteiger partial charge < -0.3 is 15.1 Å². The Morgan fingerprint density at radius 2 is 1.69 bits per heavy atom. The lowest BCUT2D eigenvalue weighted by Crippen LogP contribution is -2.52. The molecule has 4 aliphatic heterocycles. The van der Waals surface area contributed by atoms with Gasteiger partial charge in [0.25, 0.3) is 11.5 Å². The van der Waals surface area contributed by atoms with E-state index in [-0.39, 0.29) is 35.7 Å². The second-order valence-electron chi connectivity index (χ2n) is 13.9. The summed E-state index contributed by atoms with van der Waals surface area (Å²) in [7, 11) is 3.80. The van der Waals surface area contributed by atoms with Crippen molar-refractivity contribution >= 4 is 39.3 Å². The third-order valence-corrected chi connectivity index (χ3v) is 11.3. The second-order valence-corrected chi connectivity index (χ2v) is 14.7. The van der Waals surface area contributed by atoms with Gasteiger partial charge in [0, 0.05) is 51.3 Å². The number of aryl methyl sites for hydroxylation is 1. The van der Waals surface area contributed by atoms with Crippen molar-refractivity contribution in [3.05, 3.63) is 91.3 Å². The smallest absolute Gasteiger partial charge is 0.282 e.